The van der Waals surface area contributed by atoms with Gasteiger partial charge >= 0.3 is 0 Å². The second-order valence-electron chi connectivity index (χ2n) is 4.91. The van der Waals surface area contributed by atoms with E-state index in [0.29, 0.717) is 22.6 Å². The molecule has 1 aromatic carbocycles. The molecule has 0 spiro atoms. The number of hydrogen-bond acceptors (Lipinski definition) is 2. The minimum atomic E-state index is 0.633. The first kappa shape index (κ1) is 14.1. The van der Waals surface area contributed by atoms with E-state index in [1.54, 1.807) is 0 Å². The largest absolute Gasteiger partial charge is 0.329 e. The number of rotatable bonds is 5. The summed E-state index contributed by atoms with van der Waals surface area (Å²) in [6.45, 7) is 2.46. The number of halogens is 2. The maximum atomic E-state index is 6.25. The average Bonchev–Trinajstić information content (AvgIpc) is 2.88. The van der Waals surface area contributed by atoms with Crippen LogP contribution in [0.25, 0.3) is 0 Å². The second kappa shape index (κ2) is 6.76. The average molecular weight is 287 g/mol. The molecule has 1 aromatic rings. The molecule has 2 rings (SSSR count). The molecule has 2 N–H and O–H groups in total. The molecule has 1 fully saturated rings. The van der Waals surface area contributed by atoms with Crippen molar-refractivity contribution in [2.45, 2.75) is 38.3 Å². The molecule has 0 amide bonds. The Bertz CT molecular complexity index is 389. The van der Waals surface area contributed by atoms with Crippen LogP contribution >= 0.6 is 23.2 Å². The highest BCUT2D eigenvalue weighted by molar-refractivity contribution is 6.42. The fourth-order valence-electron chi connectivity index (χ4n) is 2.72. The smallest absolute Gasteiger partial charge is 0.0637 e. The molecule has 0 aliphatic heterocycles. The second-order valence-corrected chi connectivity index (χ2v) is 5.70. The Morgan fingerprint density at radius 2 is 1.94 bits per heavy atom. The van der Waals surface area contributed by atoms with Crippen molar-refractivity contribution in [2.75, 3.05) is 13.1 Å². The van der Waals surface area contributed by atoms with Crippen molar-refractivity contribution >= 4 is 23.2 Å². The lowest BCUT2D eigenvalue weighted by Gasteiger charge is -2.28. The van der Waals surface area contributed by atoms with E-state index in [-0.39, 0.29) is 0 Å². The van der Waals surface area contributed by atoms with E-state index in [9.17, 15) is 0 Å². The van der Waals surface area contributed by atoms with Gasteiger partial charge in [0.15, 0.2) is 0 Å². The van der Waals surface area contributed by atoms with Crippen LogP contribution in [0, 0.1) is 0 Å². The Balaban J connectivity index is 2.10. The Hall–Kier alpha value is -0.280. The van der Waals surface area contributed by atoms with E-state index in [0.717, 1.165) is 18.7 Å². The third kappa shape index (κ3) is 3.39. The van der Waals surface area contributed by atoms with Crippen molar-refractivity contribution in [3.63, 3.8) is 0 Å². The maximum Gasteiger partial charge on any atom is 0.0637 e. The first-order valence-electron chi connectivity index (χ1n) is 6.59. The Labute approximate surface area is 119 Å². The van der Waals surface area contributed by atoms with Gasteiger partial charge in [0, 0.05) is 25.7 Å². The fourth-order valence-corrected chi connectivity index (χ4v) is 3.10. The predicted molar refractivity (Wildman–Crippen MR) is 78.2 cm³/mol. The highest BCUT2D eigenvalue weighted by Gasteiger charge is 2.22. The van der Waals surface area contributed by atoms with Gasteiger partial charge in [-0.2, -0.15) is 0 Å². The summed E-state index contributed by atoms with van der Waals surface area (Å²) in [5, 5.41) is 1.31. The first-order chi connectivity index (χ1) is 8.72. The van der Waals surface area contributed by atoms with Crippen LogP contribution < -0.4 is 5.73 Å². The lowest BCUT2D eigenvalue weighted by Crippen LogP contribution is -2.36. The van der Waals surface area contributed by atoms with Crippen LogP contribution in [0.4, 0.5) is 0 Å². The van der Waals surface area contributed by atoms with Crippen LogP contribution in [0.5, 0.6) is 0 Å². The van der Waals surface area contributed by atoms with Gasteiger partial charge in [0.1, 0.15) is 0 Å². The maximum absolute atomic E-state index is 6.25. The highest BCUT2D eigenvalue weighted by Crippen LogP contribution is 2.29. The van der Waals surface area contributed by atoms with Gasteiger partial charge in [0.25, 0.3) is 0 Å². The molecule has 1 aliphatic rings. The molecule has 0 saturated heterocycles. The minimum Gasteiger partial charge on any atom is -0.329 e. The van der Waals surface area contributed by atoms with Crippen LogP contribution in [0.3, 0.4) is 0 Å². The zero-order valence-corrected chi connectivity index (χ0v) is 12.1. The van der Waals surface area contributed by atoms with E-state index < -0.39 is 0 Å². The first-order valence-corrected chi connectivity index (χ1v) is 7.35. The van der Waals surface area contributed by atoms with Gasteiger partial charge < -0.3 is 5.73 Å². The minimum absolute atomic E-state index is 0.633. The molecule has 0 heterocycles. The normalized spacial score (nSPS) is 16.7. The van der Waals surface area contributed by atoms with Crippen LogP contribution in [-0.4, -0.2) is 24.0 Å². The van der Waals surface area contributed by atoms with Crippen molar-refractivity contribution in [1.82, 2.24) is 4.90 Å². The van der Waals surface area contributed by atoms with E-state index in [1.165, 1.54) is 25.7 Å². The molecular formula is C14H20Cl2N2. The van der Waals surface area contributed by atoms with Gasteiger partial charge in [-0.25, -0.2) is 0 Å². The quantitative estimate of drug-likeness (QED) is 0.894. The number of nitrogens with two attached hydrogens (primary N) is 1. The predicted octanol–water partition coefficient (Wildman–Crippen LogP) is 3.70. The Morgan fingerprint density at radius 1 is 1.22 bits per heavy atom. The third-order valence-corrected chi connectivity index (χ3v) is 4.52. The van der Waals surface area contributed by atoms with Crippen LogP contribution in [0.15, 0.2) is 18.2 Å². The van der Waals surface area contributed by atoms with Crippen molar-refractivity contribution in [1.29, 1.82) is 0 Å². The van der Waals surface area contributed by atoms with Crippen molar-refractivity contribution in [3.8, 4) is 0 Å². The van der Waals surface area contributed by atoms with Crippen molar-refractivity contribution in [3.05, 3.63) is 33.8 Å². The van der Waals surface area contributed by atoms with Gasteiger partial charge in [-0.05, 0) is 24.5 Å². The van der Waals surface area contributed by atoms with Crippen LogP contribution in [-0.2, 0) is 6.54 Å². The SMILES string of the molecule is NCCN(Cc1cccc(Cl)c1Cl)C1CCCC1. The molecule has 1 aliphatic carbocycles. The third-order valence-electron chi connectivity index (χ3n) is 3.66. The van der Waals surface area contributed by atoms with Crippen LogP contribution in [0.1, 0.15) is 31.2 Å². The molecule has 0 radical (unpaired) electrons. The van der Waals surface area contributed by atoms with Gasteiger partial charge in [0.2, 0.25) is 0 Å². The summed E-state index contributed by atoms with van der Waals surface area (Å²) in [6, 6.07) is 6.49. The number of hydrogen-bond donors (Lipinski definition) is 1. The van der Waals surface area contributed by atoms with E-state index in [4.69, 9.17) is 28.9 Å². The topological polar surface area (TPSA) is 29.3 Å². The Kier molecular flexibility index (Phi) is 5.31. The summed E-state index contributed by atoms with van der Waals surface area (Å²) in [5.41, 5.74) is 6.82. The van der Waals surface area contributed by atoms with Crippen molar-refractivity contribution < 1.29 is 0 Å². The summed E-state index contributed by atoms with van der Waals surface area (Å²) in [7, 11) is 0. The molecule has 4 heteroatoms. The molecule has 2 nitrogen and oxygen atoms in total. The zero-order chi connectivity index (χ0) is 13.0. The van der Waals surface area contributed by atoms with E-state index in [2.05, 4.69) is 4.90 Å². The van der Waals surface area contributed by atoms with Crippen molar-refractivity contribution in [2.24, 2.45) is 5.73 Å². The summed E-state index contributed by atoms with van der Waals surface area (Å²) in [5.74, 6) is 0. The molecule has 0 unspecified atom stereocenters. The Morgan fingerprint density at radius 3 is 2.61 bits per heavy atom. The van der Waals surface area contributed by atoms with Crippen LogP contribution in [0.2, 0.25) is 10.0 Å². The molecule has 1 saturated carbocycles. The fraction of sp³-hybridized carbons (Fsp3) is 0.571. The summed E-state index contributed by atoms with van der Waals surface area (Å²) < 4.78 is 0. The number of benzene rings is 1. The summed E-state index contributed by atoms with van der Waals surface area (Å²) >= 11 is 12.3. The summed E-state index contributed by atoms with van der Waals surface area (Å²) in [6.07, 6.45) is 5.21. The lowest BCUT2D eigenvalue weighted by molar-refractivity contribution is 0.195. The molecular weight excluding hydrogens is 267 g/mol. The lowest BCUT2D eigenvalue weighted by atomic mass is 10.1. The number of nitrogens with zero attached hydrogens (tertiary/aromatic N) is 1. The molecule has 0 aromatic heterocycles. The summed E-state index contributed by atoms with van der Waals surface area (Å²) in [4.78, 5) is 2.45. The monoisotopic (exact) mass is 286 g/mol. The molecule has 0 bridgehead atoms. The van der Waals surface area contributed by atoms with Gasteiger partial charge in [-0.1, -0.05) is 48.2 Å². The van der Waals surface area contributed by atoms with E-state index in [1.807, 2.05) is 18.2 Å². The standard InChI is InChI=1S/C14H20Cl2N2/c15-13-7-3-4-11(14(13)16)10-18(9-8-17)12-5-1-2-6-12/h3-4,7,12H,1-2,5-6,8-10,17H2. The van der Waals surface area contributed by atoms with Gasteiger partial charge in [0.05, 0.1) is 10.0 Å². The molecule has 0 atom stereocenters. The van der Waals surface area contributed by atoms with Gasteiger partial charge in [-0.3, -0.25) is 4.90 Å². The van der Waals surface area contributed by atoms with Gasteiger partial charge in [-0.15, -0.1) is 0 Å². The van der Waals surface area contributed by atoms with E-state index >= 15 is 0 Å². The zero-order valence-electron chi connectivity index (χ0n) is 10.5. The molecule has 100 valence electrons. The molecule has 18 heavy (non-hydrogen) atoms. The highest BCUT2D eigenvalue weighted by atomic mass is 35.5.